The van der Waals surface area contributed by atoms with Gasteiger partial charge < -0.3 is 5.11 Å². The van der Waals surface area contributed by atoms with Gasteiger partial charge in [0.2, 0.25) is 0 Å². The van der Waals surface area contributed by atoms with Crippen LogP contribution in [-0.4, -0.2) is 11.2 Å². The molecule has 0 aliphatic rings. The van der Waals surface area contributed by atoms with E-state index in [1.807, 2.05) is 18.2 Å². The Morgan fingerprint density at radius 2 is 2.00 bits per heavy atom. The maximum atomic E-state index is 9.20. The molecule has 0 bridgehead atoms. The summed E-state index contributed by atoms with van der Waals surface area (Å²) in [5.41, 5.74) is 1.26. The SMILES string of the molecule is C=C[C@H](O)CCc1ccccc1. The Kier molecular flexibility index (Phi) is 3.55. The van der Waals surface area contributed by atoms with Crippen molar-refractivity contribution in [3.8, 4) is 0 Å². The van der Waals surface area contributed by atoms with Crippen LogP contribution in [0.3, 0.4) is 0 Å². The smallest absolute Gasteiger partial charge is 0.0721 e. The maximum absolute atomic E-state index is 9.20. The van der Waals surface area contributed by atoms with Gasteiger partial charge in [-0.05, 0) is 18.4 Å². The number of aliphatic hydroxyl groups excluding tert-OH is 1. The van der Waals surface area contributed by atoms with Gasteiger partial charge in [0.05, 0.1) is 6.10 Å². The van der Waals surface area contributed by atoms with Gasteiger partial charge in [-0.25, -0.2) is 0 Å². The summed E-state index contributed by atoms with van der Waals surface area (Å²) in [7, 11) is 0. The molecule has 1 N–H and O–H groups in total. The molecule has 0 fully saturated rings. The molecule has 0 amide bonds. The van der Waals surface area contributed by atoms with Gasteiger partial charge in [-0.2, -0.15) is 0 Å². The predicted molar refractivity (Wildman–Crippen MR) is 51.0 cm³/mol. The molecule has 12 heavy (non-hydrogen) atoms. The van der Waals surface area contributed by atoms with E-state index in [2.05, 4.69) is 18.7 Å². The van der Waals surface area contributed by atoms with Crippen LogP contribution < -0.4 is 0 Å². The Morgan fingerprint density at radius 3 is 2.58 bits per heavy atom. The molecule has 0 saturated carbocycles. The van der Waals surface area contributed by atoms with E-state index in [9.17, 15) is 5.11 Å². The maximum Gasteiger partial charge on any atom is 0.0721 e. The summed E-state index contributed by atoms with van der Waals surface area (Å²) in [5.74, 6) is 0. The fourth-order valence-corrected chi connectivity index (χ4v) is 1.08. The second-order valence-electron chi connectivity index (χ2n) is 2.83. The molecule has 0 saturated heterocycles. The van der Waals surface area contributed by atoms with Crippen LogP contribution >= 0.6 is 0 Å². The first kappa shape index (κ1) is 9.01. The van der Waals surface area contributed by atoms with Gasteiger partial charge in [0, 0.05) is 0 Å². The number of hydrogen-bond acceptors (Lipinski definition) is 1. The molecule has 0 unspecified atom stereocenters. The third-order valence-electron chi connectivity index (χ3n) is 1.84. The van der Waals surface area contributed by atoms with Crippen molar-refractivity contribution < 1.29 is 5.11 Å². The van der Waals surface area contributed by atoms with Crippen LogP contribution in [0.15, 0.2) is 43.0 Å². The molecule has 0 aliphatic carbocycles. The van der Waals surface area contributed by atoms with E-state index in [1.54, 1.807) is 6.08 Å². The van der Waals surface area contributed by atoms with Gasteiger partial charge in [-0.1, -0.05) is 36.4 Å². The van der Waals surface area contributed by atoms with Gasteiger partial charge in [-0.3, -0.25) is 0 Å². The predicted octanol–water partition coefficient (Wildman–Crippen LogP) is 2.17. The number of aryl methyl sites for hydroxylation is 1. The normalized spacial score (nSPS) is 12.4. The highest BCUT2D eigenvalue weighted by atomic mass is 16.3. The molecule has 1 heteroatoms. The lowest BCUT2D eigenvalue weighted by Crippen LogP contribution is -2.02. The second kappa shape index (κ2) is 4.73. The van der Waals surface area contributed by atoms with E-state index in [0.29, 0.717) is 0 Å². The van der Waals surface area contributed by atoms with Crippen LogP contribution in [0.25, 0.3) is 0 Å². The second-order valence-corrected chi connectivity index (χ2v) is 2.83. The van der Waals surface area contributed by atoms with Gasteiger partial charge in [0.1, 0.15) is 0 Å². The number of aliphatic hydroxyl groups is 1. The molecule has 0 spiro atoms. The molecule has 0 radical (unpaired) electrons. The third-order valence-corrected chi connectivity index (χ3v) is 1.84. The van der Waals surface area contributed by atoms with Gasteiger partial charge >= 0.3 is 0 Å². The minimum Gasteiger partial charge on any atom is -0.389 e. The average Bonchev–Trinajstić information content (AvgIpc) is 2.16. The van der Waals surface area contributed by atoms with Crippen LogP contribution in [0.1, 0.15) is 12.0 Å². The summed E-state index contributed by atoms with van der Waals surface area (Å²) >= 11 is 0. The highest BCUT2D eigenvalue weighted by molar-refractivity contribution is 5.14. The molecule has 1 aromatic carbocycles. The van der Waals surface area contributed by atoms with Crippen molar-refractivity contribution in [1.29, 1.82) is 0 Å². The summed E-state index contributed by atoms with van der Waals surface area (Å²) in [5, 5.41) is 9.20. The van der Waals surface area contributed by atoms with Gasteiger partial charge in [0.25, 0.3) is 0 Å². The van der Waals surface area contributed by atoms with E-state index in [1.165, 1.54) is 5.56 Å². The molecule has 1 atom stereocenters. The van der Waals surface area contributed by atoms with Crippen LogP contribution in [0.5, 0.6) is 0 Å². The van der Waals surface area contributed by atoms with E-state index < -0.39 is 0 Å². The fourth-order valence-electron chi connectivity index (χ4n) is 1.08. The molecule has 1 rings (SSSR count). The zero-order valence-electron chi connectivity index (χ0n) is 7.11. The van der Waals surface area contributed by atoms with Gasteiger partial charge in [-0.15, -0.1) is 6.58 Å². The molecule has 64 valence electrons. The molecule has 0 heterocycles. The zero-order chi connectivity index (χ0) is 8.81. The topological polar surface area (TPSA) is 20.2 Å². The van der Waals surface area contributed by atoms with Crippen LogP contribution in [0.4, 0.5) is 0 Å². The zero-order valence-corrected chi connectivity index (χ0v) is 7.11. The van der Waals surface area contributed by atoms with E-state index in [4.69, 9.17) is 0 Å². The summed E-state index contributed by atoms with van der Waals surface area (Å²) < 4.78 is 0. The number of rotatable bonds is 4. The Morgan fingerprint density at radius 1 is 1.33 bits per heavy atom. The Labute approximate surface area is 73.4 Å². The van der Waals surface area contributed by atoms with Crippen LogP contribution in [-0.2, 0) is 6.42 Å². The van der Waals surface area contributed by atoms with Crippen molar-refractivity contribution in [2.45, 2.75) is 18.9 Å². The van der Waals surface area contributed by atoms with E-state index in [-0.39, 0.29) is 6.10 Å². The first-order valence-corrected chi connectivity index (χ1v) is 4.17. The standard InChI is InChI=1S/C11H14O/c1-2-11(12)9-8-10-6-4-3-5-7-10/h2-7,11-12H,1,8-9H2/t11-/m0/s1. The average molecular weight is 162 g/mol. The van der Waals surface area contributed by atoms with E-state index >= 15 is 0 Å². The van der Waals surface area contributed by atoms with Crippen LogP contribution in [0.2, 0.25) is 0 Å². The molecule has 0 aromatic heterocycles. The van der Waals surface area contributed by atoms with Crippen molar-refractivity contribution >= 4 is 0 Å². The monoisotopic (exact) mass is 162 g/mol. The van der Waals surface area contributed by atoms with Crippen molar-refractivity contribution in [3.63, 3.8) is 0 Å². The Hall–Kier alpha value is -1.08. The summed E-state index contributed by atoms with van der Waals surface area (Å²) in [6.45, 7) is 3.52. The molecule has 1 nitrogen and oxygen atoms in total. The third kappa shape index (κ3) is 2.89. The summed E-state index contributed by atoms with van der Waals surface area (Å²) in [4.78, 5) is 0. The lowest BCUT2D eigenvalue weighted by molar-refractivity contribution is 0.213. The highest BCUT2D eigenvalue weighted by Crippen LogP contribution is 2.04. The molecule has 1 aromatic rings. The quantitative estimate of drug-likeness (QED) is 0.673. The van der Waals surface area contributed by atoms with E-state index in [0.717, 1.165) is 12.8 Å². The van der Waals surface area contributed by atoms with Crippen molar-refractivity contribution in [2.24, 2.45) is 0 Å². The molecule has 0 aliphatic heterocycles. The Balaban J connectivity index is 2.38. The molecular weight excluding hydrogens is 148 g/mol. The lowest BCUT2D eigenvalue weighted by atomic mass is 10.1. The van der Waals surface area contributed by atoms with Crippen molar-refractivity contribution in [3.05, 3.63) is 48.6 Å². The summed E-state index contributed by atoms with van der Waals surface area (Å²) in [6, 6.07) is 10.1. The minimum atomic E-state index is -0.370. The van der Waals surface area contributed by atoms with Gasteiger partial charge in [0.15, 0.2) is 0 Å². The number of benzene rings is 1. The number of hydrogen-bond donors (Lipinski definition) is 1. The van der Waals surface area contributed by atoms with Crippen molar-refractivity contribution in [1.82, 2.24) is 0 Å². The Bertz CT molecular complexity index is 228. The first-order chi connectivity index (χ1) is 5.83. The molecular formula is C11H14O. The summed E-state index contributed by atoms with van der Waals surface area (Å²) in [6.07, 6.45) is 2.87. The first-order valence-electron chi connectivity index (χ1n) is 4.17. The van der Waals surface area contributed by atoms with Crippen LogP contribution in [0, 0.1) is 0 Å². The fraction of sp³-hybridized carbons (Fsp3) is 0.273. The van der Waals surface area contributed by atoms with Crippen molar-refractivity contribution in [2.75, 3.05) is 0 Å². The largest absolute Gasteiger partial charge is 0.389 e. The lowest BCUT2D eigenvalue weighted by Gasteiger charge is -2.03. The minimum absolute atomic E-state index is 0.370. The highest BCUT2D eigenvalue weighted by Gasteiger charge is 1.97.